The van der Waals surface area contributed by atoms with Gasteiger partial charge >= 0.3 is 0 Å². The van der Waals surface area contributed by atoms with Gasteiger partial charge in [-0.3, -0.25) is 0 Å². The summed E-state index contributed by atoms with van der Waals surface area (Å²) in [7, 11) is 0. The summed E-state index contributed by atoms with van der Waals surface area (Å²) < 4.78 is 2.16. The van der Waals surface area contributed by atoms with Gasteiger partial charge in [-0.25, -0.2) is 0 Å². The van der Waals surface area contributed by atoms with Crippen molar-refractivity contribution in [3.63, 3.8) is 0 Å². The van der Waals surface area contributed by atoms with Gasteiger partial charge in [0.05, 0.1) is 0 Å². The van der Waals surface area contributed by atoms with Gasteiger partial charge in [-0.2, -0.15) is 0 Å². The van der Waals surface area contributed by atoms with Crippen molar-refractivity contribution in [2.24, 2.45) is 0 Å². The zero-order valence-corrected chi connectivity index (χ0v) is 13.0. The Morgan fingerprint density at radius 2 is 1.82 bits per heavy atom. The highest BCUT2D eigenvalue weighted by Crippen LogP contribution is 2.31. The fourth-order valence-corrected chi connectivity index (χ4v) is 3.36. The Morgan fingerprint density at radius 3 is 2.53 bits per heavy atom. The van der Waals surface area contributed by atoms with Crippen LogP contribution < -0.4 is 5.73 Å². The van der Waals surface area contributed by atoms with Gasteiger partial charge in [-0.1, -0.05) is 50.1 Å². The predicted octanol–water partition coefficient (Wildman–Crippen LogP) is 5.09. The lowest BCUT2D eigenvalue weighted by Gasteiger charge is -2.07. The van der Waals surface area contributed by atoms with E-state index in [1.165, 1.54) is 5.56 Å². The summed E-state index contributed by atoms with van der Waals surface area (Å²) in [6.07, 6.45) is 0. The molecule has 1 nitrogen and oxygen atoms in total. The van der Waals surface area contributed by atoms with Crippen LogP contribution >= 0.6 is 43.6 Å². The lowest BCUT2D eigenvalue weighted by atomic mass is 10.2. The van der Waals surface area contributed by atoms with Crippen molar-refractivity contribution in [1.82, 2.24) is 0 Å². The highest BCUT2D eigenvalue weighted by Gasteiger charge is 2.03. The molecule has 0 atom stereocenters. The minimum atomic E-state index is 0.816. The zero-order valence-electron chi connectivity index (χ0n) is 8.99. The van der Waals surface area contributed by atoms with E-state index in [9.17, 15) is 0 Å². The molecule has 0 fully saturated rings. The van der Waals surface area contributed by atoms with Crippen molar-refractivity contribution >= 4 is 49.3 Å². The summed E-state index contributed by atoms with van der Waals surface area (Å²) in [6.45, 7) is 0. The Morgan fingerprint density at radius 1 is 1.06 bits per heavy atom. The summed E-state index contributed by atoms with van der Waals surface area (Å²) >= 11 is 8.70. The molecule has 0 aromatic heterocycles. The number of halogens is 2. The lowest BCUT2D eigenvalue weighted by molar-refractivity contribution is 1.36. The number of hydrogen-bond donors (Lipinski definition) is 1. The summed E-state index contributed by atoms with van der Waals surface area (Å²) in [5, 5.41) is 0. The third kappa shape index (κ3) is 3.50. The van der Waals surface area contributed by atoms with E-state index in [0.29, 0.717) is 0 Å². The molecule has 2 rings (SSSR count). The Kier molecular flexibility index (Phi) is 4.54. The van der Waals surface area contributed by atoms with Gasteiger partial charge in [-0.15, -0.1) is 11.8 Å². The van der Waals surface area contributed by atoms with Crippen LogP contribution in [0.25, 0.3) is 0 Å². The topological polar surface area (TPSA) is 26.0 Å². The van der Waals surface area contributed by atoms with Crippen LogP contribution in [0.4, 0.5) is 5.69 Å². The van der Waals surface area contributed by atoms with Crippen molar-refractivity contribution < 1.29 is 0 Å². The Labute approximate surface area is 122 Å². The average molecular weight is 373 g/mol. The maximum Gasteiger partial charge on any atom is 0.0463 e. The average Bonchev–Trinajstić information content (AvgIpc) is 2.30. The lowest BCUT2D eigenvalue weighted by Crippen LogP contribution is -1.89. The molecular formula is C13H11Br2NS. The van der Waals surface area contributed by atoms with E-state index in [1.54, 1.807) is 11.8 Å². The Balaban J connectivity index is 2.10. The highest BCUT2D eigenvalue weighted by molar-refractivity contribution is 9.10. The van der Waals surface area contributed by atoms with E-state index in [-0.39, 0.29) is 0 Å². The van der Waals surface area contributed by atoms with E-state index in [0.717, 1.165) is 25.3 Å². The van der Waals surface area contributed by atoms with E-state index < -0.39 is 0 Å². The number of benzene rings is 2. The van der Waals surface area contributed by atoms with Crippen LogP contribution in [0.2, 0.25) is 0 Å². The van der Waals surface area contributed by atoms with Crippen molar-refractivity contribution in [1.29, 1.82) is 0 Å². The molecule has 2 N–H and O–H groups in total. The molecule has 0 radical (unpaired) electrons. The van der Waals surface area contributed by atoms with Crippen LogP contribution in [0.3, 0.4) is 0 Å². The second kappa shape index (κ2) is 5.94. The normalized spacial score (nSPS) is 10.5. The minimum Gasteiger partial charge on any atom is -0.398 e. The van der Waals surface area contributed by atoms with E-state index >= 15 is 0 Å². The number of hydrogen-bond acceptors (Lipinski definition) is 2. The number of rotatable bonds is 3. The first kappa shape index (κ1) is 13.0. The van der Waals surface area contributed by atoms with Crippen LogP contribution in [-0.2, 0) is 5.75 Å². The third-order valence-electron chi connectivity index (χ3n) is 2.31. The molecule has 2 aromatic carbocycles. The van der Waals surface area contributed by atoms with E-state index in [1.807, 2.05) is 30.3 Å². The molecule has 0 bridgehead atoms. The first-order chi connectivity index (χ1) is 8.16. The summed E-state index contributed by atoms with van der Waals surface area (Å²) in [5.41, 5.74) is 8.05. The molecule has 88 valence electrons. The van der Waals surface area contributed by atoms with Crippen LogP contribution in [0.5, 0.6) is 0 Å². The first-order valence-corrected chi connectivity index (χ1v) is 7.65. The molecule has 0 heterocycles. The van der Waals surface area contributed by atoms with Gasteiger partial charge in [0.25, 0.3) is 0 Å². The summed E-state index contributed by atoms with van der Waals surface area (Å²) in [5.74, 6) is 0.910. The summed E-state index contributed by atoms with van der Waals surface area (Å²) in [6, 6.07) is 14.2. The molecule has 0 aliphatic rings. The molecule has 0 amide bonds. The monoisotopic (exact) mass is 371 g/mol. The fraction of sp³-hybridized carbons (Fsp3) is 0.0769. The van der Waals surface area contributed by atoms with Crippen LogP contribution in [0.15, 0.2) is 56.3 Å². The number of anilines is 1. The minimum absolute atomic E-state index is 0.816. The highest BCUT2D eigenvalue weighted by atomic mass is 79.9. The number of nitrogens with two attached hydrogens (primary N) is 1. The molecule has 4 heteroatoms. The largest absolute Gasteiger partial charge is 0.398 e. The molecule has 0 spiro atoms. The molecule has 0 unspecified atom stereocenters. The molecule has 0 aliphatic carbocycles. The van der Waals surface area contributed by atoms with E-state index in [2.05, 4.69) is 44.0 Å². The number of thioether (sulfide) groups is 1. The number of nitrogen functional groups attached to an aromatic ring is 1. The standard InChI is InChI=1S/C13H11Br2NS/c14-10-5-6-13(12(16)7-10)17-8-9-3-1-2-4-11(9)15/h1-7H,8,16H2. The van der Waals surface area contributed by atoms with Crippen LogP contribution in [0.1, 0.15) is 5.56 Å². The van der Waals surface area contributed by atoms with Crippen molar-refractivity contribution in [3.8, 4) is 0 Å². The van der Waals surface area contributed by atoms with Crippen LogP contribution in [-0.4, -0.2) is 0 Å². The van der Waals surface area contributed by atoms with Gasteiger partial charge in [0.2, 0.25) is 0 Å². The molecule has 17 heavy (non-hydrogen) atoms. The van der Waals surface area contributed by atoms with Gasteiger partial charge in [0, 0.05) is 25.3 Å². The molecule has 0 saturated carbocycles. The maximum absolute atomic E-state index is 5.96. The third-order valence-corrected chi connectivity index (χ3v) is 4.72. The SMILES string of the molecule is Nc1cc(Br)ccc1SCc1ccccc1Br. The Bertz CT molecular complexity index is 529. The van der Waals surface area contributed by atoms with Gasteiger partial charge < -0.3 is 5.73 Å². The van der Waals surface area contributed by atoms with Gasteiger partial charge in [0.15, 0.2) is 0 Å². The predicted molar refractivity (Wildman–Crippen MR) is 82.3 cm³/mol. The van der Waals surface area contributed by atoms with Crippen molar-refractivity contribution in [2.45, 2.75) is 10.6 Å². The van der Waals surface area contributed by atoms with Crippen LogP contribution in [0, 0.1) is 0 Å². The first-order valence-electron chi connectivity index (χ1n) is 5.08. The summed E-state index contributed by atoms with van der Waals surface area (Å²) in [4.78, 5) is 1.11. The van der Waals surface area contributed by atoms with Gasteiger partial charge in [-0.05, 0) is 29.8 Å². The zero-order chi connectivity index (χ0) is 12.3. The molecule has 2 aromatic rings. The van der Waals surface area contributed by atoms with Gasteiger partial charge in [0.1, 0.15) is 0 Å². The molecule has 0 aliphatic heterocycles. The maximum atomic E-state index is 5.96. The second-order valence-electron chi connectivity index (χ2n) is 3.56. The van der Waals surface area contributed by atoms with Crippen molar-refractivity contribution in [2.75, 3.05) is 5.73 Å². The van der Waals surface area contributed by atoms with E-state index in [4.69, 9.17) is 5.73 Å². The fourth-order valence-electron chi connectivity index (χ4n) is 1.42. The quantitative estimate of drug-likeness (QED) is 0.600. The smallest absolute Gasteiger partial charge is 0.0463 e. The van der Waals surface area contributed by atoms with Crippen molar-refractivity contribution in [3.05, 3.63) is 57.0 Å². The second-order valence-corrected chi connectivity index (χ2v) is 6.35. The molecular weight excluding hydrogens is 362 g/mol. The Hall–Kier alpha value is -0.450. The molecule has 0 saturated heterocycles.